The molecule has 4 aromatic rings. The predicted octanol–water partition coefficient (Wildman–Crippen LogP) is 5.40. The van der Waals surface area contributed by atoms with Gasteiger partial charge < -0.3 is 19.3 Å². The second-order valence-electron chi connectivity index (χ2n) is 9.00. The third kappa shape index (κ3) is 4.05. The summed E-state index contributed by atoms with van der Waals surface area (Å²) in [4.78, 5) is 33.1. The largest absolute Gasteiger partial charge is 0.507 e. The van der Waals surface area contributed by atoms with Crippen LogP contribution in [-0.4, -0.2) is 41.6 Å². The van der Waals surface area contributed by atoms with Crippen LogP contribution in [0.5, 0.6) is 17.2 Å². The molecule has 9 heteroatoms. The van der Waals surface area contributed by atoms with Gasteiger partial charge in [-0.3, -0.25) is 14.5 Å². The highest BCUT2D eigenvalue weighted by Gasteiger charge is 2.48. The van der Waals surface area contributed by atoms with Crippen LogP contribution in [0.4, 0.5) is 5.13 Å². The van der Waals surface area contributed by atoms with Crippen molar-refractivity contribution in [2.45, 2.75) is 19.9 Å². The third-order valence-corrected chi connectivity index (χ3v) is 7.50. The number of carbonyl (C=O) groups excluding carboxylic acids is 2. The molecule has 1 aromatic heterocycles. The predicted molar refractivity (Wildman–Crippen MR) is 144 cm³/mol. The lowest BCUT2D eigenvalue weighted by atomic mass is 9.95. The Balaban J connectivity index is 1.54. The van der Waals surface area contributed by atoms with Crippen LogP contribution in [0.25, 0.3) is 16.0 Å². The summed E-state index contributed by atoms with van der Waals surface area (Å²) >= 11 is 1.33. The molecule has 2 aliphatic rings. The fourth-order valence-corrected chi connectivity index (χ4v) is 5.85. The van der Waals surface area contributed by atoms with E-state index in [1.54, 1.807) is 42.5 Å². The van der Waals surface area contributed by atoms with Gasteiger partial charge in [0.15, 0.2) is 16.6 Å². The van der Waals surface area contributed by atoms with Crippen LogP contribution >= 0.6 is 11.3 Å². The molecule has 1 amide bonds. The molecule has 192 valence electrons. The van der Waals surface area contributed by atoms with Crippen molar-refractivity contribution in [3.05, 3.63) is 82.9 Å². The van der Waals surface area contributed by atoms with E-state index in [0.29, 0.717) is 53.3 Å². The molecule has 0 unspecified atom stereocenters. The van der Waals surface area contributed by atoms with Crippen molar-refractivity contribution >= 4 is 44.1 Å². The van der Waals surface area contributed by atoms with Crippen LogP contribution in [-0.2, 0) is 9.59 Å². The van der Waals surface area contributed by atoms with E-state index in [-0.39, 0.29) is 11.3 Å². The van der Waals surface area contributed by atoms with E-state index in [2.05, 4.69) is 4.98 Å². The maximum absolute atomic E-state index is 13.5. The Hall–Kier alpha value is -4.37. The van der Waals surface area contributed by atoms with E-state index >= 15 is 0 Å². The highest BCUT2D eigenvalue weighted by molar-refractivity contribution is 7.22. The molecule has 0 spiro atoms. The van der Waals surface area contributed by atoms with Crippen LogP contribution < -0.4 is 19.1 Å². The first-order valence-corrected chi connectivity index (χ1v) is 13.1. The van der Waals surface area contributed by atoms with Gasteiger partial charge in [-0.05, 0) is 67.4 Å². The van der Waals surface area contributed by atoms with Gasteiger partial charge in [-0.1, -0.05) is 29.5 Å². The standard InChI is InChI=1S/C29H24N2O6S/c1-3-35-19-6-4-5-17(14-19)25-24(26(32)18-8-10-21-22(15-18)37-12-11-36-21)27(33)28(34)31(25)29-30-20-9-7-16(2)13-23(20)38-29/h4-10,13-15,25,32H,3,11-12H2,1-2H3/t25-/m0/s1. The van der Waals surface area contributed by atoms with Gasteiger partial charge in [0, 0.05) is 5.56 Å². The highest BCUT2D eigenvalue weighted by atomic mass is 32.1. The Labute approximate surface area is 222 Å². The second-order valence-corrected chi connectivity index (χ2v) is 10.0. The number of aliphatic hydroxyl groups is 1. The van der Waals surface area contributed by atoms with Crippen molar-refractivity contribution in [3.63, 3.8) is 0 Å². The summed E-state index contributed by atoms with van der Waals surface area (Å²) in [6.07, 6.45) is 0. The summed E-state index contributed by atoms with van der Waals surface area (Å²) in [5, 5.41) is 11.9. The van der Waals surface area contributed by atoms with Crippen molar-refractivity contribution < 1.29 is 28.9 Å². The number of fused-ring (bicyclic) bond motifs is 2. The number of benzene rings is 3. The molecule has 3 aromatic carbocycles. The number of hydrogen-bond acceptors (Lipinski definition) is 8. The Morgan fingerprint density at radius 1 is 1.08 bits per heavy atom. The first-order chi connectivity index (χ1) is 18.4. The minimum absolute atomic E-state index is 0.0317. The quantitative estimate of drug-likeness (QED) is 0.210. The Bertz CT molecular complexity index is 1620. The van der Waals surface area contributed by atoms with Crippen molar-refractivity contribution in [2.24, 2.45) is 0 Å². The minimum atomic E-state index is -0.912. The smallest absolute Gasteiger partial charge is 0.301 e. The minimum Gasteiger partial charge on any atom is -0.507 e. The lowest BCUT2D eigenvalue weighted by molar-refractivity contribution is -0.132. The first kappa shape index (κ1) is 24.0. The number of hydrogen-bond donors (Lipinski definition) is 1. The molecule has 0 aliphatic carbocycles. The summed E-state index contributed by atoms with van der Waals surface area (Å²) in [6.45, 7) is 5.13. The SMILES string of the molecule is CCOc1cccc([C@H]2C(=C(O)c3ccc4c(c3)OCCO4)C(=O)C(=O)N2c2nc3ccc(C)cc3s2)c1. The van der Waals surface area contributed by atoms with Gasteiger partial charge in [0.25, 0.3) is 5.78 Å². The summed E-state index contributed by atoms with van der Waals surface area (Å²) in [5.74, 6) is -0.238. The zero-order valence-electron chi connectivity index (χ0n) is 20.8. The average Bonchev–Trinajstić information content (AvgIpc) is 3.46. The topological polar surface area (TPSA) is 98.2 Å². The van der Waals surface area contributed by atoms with Crippen LogP contribution in [0.1, 0.15) is 29.7 Å². The number of ether oxygens (including phenoxy) is 3. The molecule has 0 saturated carbocycles. The molecule has 6 rings (SSSR count). The fourth-order valence-electron chi connectivity index (χ4n) is 4.76. The number of carbonyl (C=O) groups is 2. The monoisotopic (exact) mass is 528 g/mol. The number of rotatable bonds is 5. The molecule has 8 nitrogen and oxygen atoms in total. The highest BCUT2D eigenvalue weighted by Crippen LogP contribution is 2.45. The van der Waals surface area contributed by atoms with E-state index in [9.17, 15) is 14.7 Å². The number of ketones is 1. The summed E-state index contributed by atoms with van der Waals surface area (Å²) < 4.78 is 17.8. The van der Waals surface area contributed by atoms with Gasteiger partial charge in [-0.25, -0.2) is 4.98 Å². The zero-order chi connectivity index (χ0) is 26.4. The van der Waals surface area contributed by atoms with Gasteiger partial charge in [-0.2, -0.15) is 0 Å². The Kier molecular flexibility index (Phi) is 6.00. The number of amides is 1. The molecular weight excluding hydrogens is 504 g/mol. The molecule has 1 atom stereocenters. The van der Waals surface area contributed by atoms with Crippen LogP contribution in [0, 0.1) is 6.92 Å². The number of aryl methyl sites for hydroxylation is 1. The molecule has 1 fully saturated rings. The van der Waals surface area contributed by atoms with E-state index in [1.165, 1.54) is 16.2 Å². The number of anilines is 1. The molecule has 38 heavy (non-hydrogen) atoms. The van der Waals surface area contributed by atoms with Crippen molar-refractivity contribution in [1.29, 1.82) is 0 Å². The Morgan fingerprint density at radius 2 is 1.89 bits per heavy atom. The first-order valence-electron chi connectivity index (χ1n) is 12.3. The summed E-state index contributed by atoms with van der Waals surface area (Å²) in [6, 6.07) is 17.1. The normalized spacial score (nSPS) is 18.3. The molecular formula is C29H24N2O6S. The molecule has 0 bridgehead atoms. The van der Waals surface area contributed by atoms with Gasteiger partial charge in [-0.15, -0.1) is 0 Å². The molecule has 0 radical (unpaired) electrons. The molecule has 3 heterocycles. The average molecular weight is 529 g/mol. The zero-order valence-corrected chi connectivity index (χ0v) is 21.6. The summed E-state index contributed by atoms with van der Waals surface area (Å²) in [7, 11) is 0. The van der Waals surface area contributed by atoms with Gasteiger partial charge >= 0.3 is 5.91 Å². The van der Waals surface area contributed by atoms with E-state index in [4.69, 9.17) is 14.2 Å². The van der Waals surface area contributed by atoms with Crippen LogP contribution in [0.2, 0.25) is 0 Å². The van der Waals surface area contributed by atoms with Gasteiger partial charge in [0.05, 0.1) is 28.4 Å². The second kappa shape index (κ2) is 9.50. The van der Waals surface area contributed by atoms with Crippen LogP contribution in [0.3, 0.4) is 0 Å². The molecule has 2 aliphatic heterocycles. The maximum Gasteiger partial charge on any atom is 0.301 e. The van der Waals surface area contributed by atoms with E-state index < -0.39 is 17.7 Å². The van der Waals surface area contributed by atoms with Crippen molar-refractivity contribution in [3.8, 4) is 17.2 Å². The molecule has 1 N–H and O–H groups in total. The fraction of sp³-hybridized carbons (Fsp3) is 0.207. The molecule has 1 saturated heterocycles. The Morgan fingerprint density at radius 3 is 2.71 bits per heavy atom. The number of thiazole rings is 1. The van der Waals surface area contributed by atoms with Crippen molar-refractivity contribution in [1.82, 2.24) is 4.98 Å². The summed E-state index contributed by atoms with van der Waals surface area (Å²) in [5.41, 5.74) is 2.72. The van der Waals surface area contributed by atoms with E-state index in [0.717, 1.165) is 15.8 Å². The number of nitrogens with zero attached hydrogens (tertiary/aromatic N) is 2. The van der Waals surface area contributed by atoms with Gasteiger partial charge in [0.2, 0.25) is 0 Å². The number of aliphatic hydroxyl groups excluding tert-OH is 1. The van der Waals surface area contributed by atoms with Crippen LogP contribution in [0.15, 0.2) is 66.2 Å². The maximum atomic E-state index is 13.5. The van der Waals surface area contributed by atoms with Gasteiger partial charge in [0.1, 0.15) is 24.7 Å². The van der Waals surface area contributed by atoms with Crippen molar-refractivity contribution in [2.75, 3.05) is 24.7 Å². The number of aromatic nitrogens is 1. The lowest BCUT2D eigenvalue weighted by Crippen LogP contribution is -2.29. The number of Topliss-reactive ketones (excluding diaryl/α,β-unsaturated/α-hetero) is 1. The third-order valence-electron chi connectivity index (χ3n) is 6.48. The lowest BCUT2D eigenvalue weighted by Gasteiger charge is -2.23. The van der Waals surface area contributed by atoms with E-state index in [1.807, 2.05) is 32.0 Å².